The number of fused-ring (bicyclic) bond motifs is 1. The SMILES string of the molecule is O=C(/C=C/c1cccc(F)c1)Nc1ccc2c(c1)CCC2. The van der Waals surface area contributed by atoms with E-state index < -0.39 is 0 Å². The number of anilines is 1. The molecule has 0 aromatic heterocycles. The van der Waals surface area contributed by atoms with Gasteiger partial charge in [0, 0.05) is 11.8 Å². The second-order valence-electron chi connectivity index (χ2n) is 5.21. The Balaban J connectivity index is 1.66. The Morgan fingerprint density at radius 3 is 2.81 bits per heavy atom. The summed E-state index contributed by atoms with van der Waals surface area (Å²) >= 11 is 0. The van der Waals surface area contributed by atoms with Crippen LogP contribution in [-0.2, 0) is 17.6 Å². The van der Waals surface area contributed by atoms with Gasteiger partial charge >= 0.3 is 0 Å². The van der Waals surface area contributed by atoms with Crippen LogP contribution in [0.5, 0.6) is 0 Å². The van der Waals surface area contributed by atoms with Crippen LogP contribution in [-0.4, -0.2) is 5.91 Å². The summed E-state index contributed by atoms with van der Waals surface area (Å²) in [6.07, 6.45) is 6.42. The molecule has 0 atom stereocenters. The first kappa shape index (κ1) is 13.6. The first-order valence-corrected chi connectivity index (χ1v) is 7.07. The average Bonchev–Trinajstić information content (AvgIpc) is 2.93. The van der Waals surface area contributed by atoms with E-state index in [1.807, 2.05) is 12.1 Å². The van der Waals surface area contributed by atoms with Crippen LogP contribution in [0.4, 0.5) is 10.1 Å². The zero-order valence-electron chi connectivity index (χ0n) is 11.6. The van der Waals surface area contributed by atoms with Crippen molar-refractivity contribution in [1.29, 1.82) is 0 Å². The van der Waals surface area contributed by atoms with E-state index in [1.165, 1.54) is 35.8 Å². The standard InChI is InChI=1S/C18H16FNO/c19-16-6-1-3-13(11-16)7-10-18(21)20-17-9-8-14-4-2-5-15(14)12-17/h1,3,6-12H,2,4-5H2,(H,20,21)/b10-7+. The van der Waals surface area contributed by atoms with Gasteiger partial charge in [0.25, 0.3) is 0 Å². The summed E-state index contributed by atoms with van der Waals surface area (Å²) in [6.45, 7) is 0. The lowest BCUT2D eigenvalue weighted by Crippen LogP contribution is -2.08. The summed E-state index contributed by atoms with van der Waals surface area (Å²) in [4.78, 5) is 11.9. The number of hydrogen-bond acceptors (Lipinski definition) is 1. The van der Waals surface area contributed by atoms with E-state index in [4.69, 9.17) is 0 Å². The van der Waals surface area contributed by atoms with Crippen LogP contribution in [0.2, 0.25) is 0 Å². The highest BCUT2D eigenvalue weighted by molar-refractivity contribution is 6.02. The fourth-order valence-corrected chi connectivity index (χ4v) is 2.62. The highest BCUT2D eigenvalue weighted by Crippen LogP contribution is 2.24. The zero-order chi connectivity index (χ0) is 14.7. The van der Waals surface area contributed by atoms with Crippen molar-refractivity contribution in [3.8, 4) is 0 Å². The Bertz CT molecular complexity index is 706. The number of rotatable bonds is 3. The minimum absolute atomic E-state index is 0.211. The molecular weight excluding hydrogens is 265 g/mol. The first-order chi connectivity index (χ1) is 10.2. The largest absolute Gasteiger partial charge is 0.323 e. The zero-order valence-corrected chi connectivity index (χ0v) is 11.6. The highest BCUT2D eigenvalue weighted by atomic mass is 19.1. The third kappa shape index (κ3) is 3.37. The van der Waals surface area contributed by atoms with Gasteiger partial charge in [-0.05, 0) is 66.3 Å². The Hall–Kier alpha value is -2.42. The van der Waals surface area contributed by atoms with Crippen LogP contribution >= 0.6 is 0 Å². The van der Waals surface area contributed by atoms with Gasteiger partial charge in [-0.25, -0.2) is 4.39 Å². The molecule has 3 heteroatoms. The number of aryl methyl sites for hydroxylation is 2. The predicted molar refractivity (Wildman–Crippen MR) is 82.5 cm³/mol. The van der Waals surface area contributed by atoms with Gasteiger partial charge in [0.2, 0.25) is 5.91 Å². The summed E-state index contributed by atoms with van der Waals surface area (Å²) in [5.41, 5.74) is 4.17. The maximum absolute atomic E-state index is 13.0. The van der Waals surface area contributed by atoms with Gasteiger partial charge in [-0.2, -0.15) is 0 Å². The molecule has 2 aromatic rings. The van der Waals surface area contributed by atoms with Crippen LogP contribution in [0.15, 0.2) is 48.5 Å². The summed E-state index contributed by atoms with van der Waals surface area (Å²) in [6, 6.07) is 12.2. The van der Waals surface area contributed by atoms with Crippen molar-refractivity contribution < 1.29 is 9.18 Å². The molecule has 1 N–H and O–H groups in total. The van der Waals surface area contributed by atoms with E-state index in [-0.39, 0.29) is 11.7 Å². The van der Waals surface area contributed by atoms with Gasteiger partial charge in [0.1, 0.15) is 5.82 Å². The molecule has 2 nitrogen and oxygen atoms in total. The quantitative estimate of drug-likeness (QED) is 0.847. The van der Waals surface area contributed by atoms with E-state index >= 15 is 0 Å². The minimum Gasteiger partial charge on any atom is -0.323 e. The molecule has 0 unspecified atom stereocenters. The molecule has 106 valence electrons. The number of amides is 1. The van der Waals surface area contributed by atoms with Gasteiger partial charge < -0.3 is 5.32 Å². The van der Waals surface area contributed by atoms with Crippen LogP contribution in [0.3, 0.4) is 0 Å². The van der Waals surface area contributed by atoms with Crippen molar-refractivity contribution in [2.45, 2.75) is 19.3 Å². The van der Waals surface area contributed by atoms with E-state index in [0.717, 1.165) is 18.5 Å². The van der Waals surface area contributed by atoms with Gasteiger partial charge in [-0.15, -0.1) is 0 Å². The monoisotopic (exact) mass is 281 g/mol. The fraction of sp³-hybridized carbons (Fsp3) is 0.167. The number of hydrogen-bond donors (Lipinski definition) is 1. The molecule has 1 aliphatic carbocycles. The second-order valence-corrected chi connectivity index (χ2v) is 5.21. The van der Waals surface area contributed by atoms with Crippen LogP contribution in [0.1, 0.15) is 23.1 Å². The summed E-state index contributed by atoms with van der Waals surface area (Å²) in [5, 5.41) is 2.84. The molecule has 0 saturated carbocycles. The number of carbonyl (C=O) groups is 1. The molecule has 1 amide bonds. The van der Waals surface area contributed by atoms with Crippen molar-refractivity contribution in [3.05, 3.63) is 71.0 Å². The first-order valence-electron chi connectivity index (χ1n) is 7.07. The van der Waals surface area contributed by atoms with Crippen molar-refractivity contribution in [3.63, 3.8) is 0 Å². The van der Waals surface area contributed by atoms with Crippen molar-refractivity contribution in [1.82, 2.24) is 0 Å². The maximum atomic E-state index is 13.0. The number of nitrogens with one attached hydrogen (secondary N) is 1. The minimum atomic E-state index is -0.309. The molecule has 0 spiro atoms. The molecule has 0 aliphatic heterocycles. The summed E-state index contributed by atoms with van der Waals surface area (Å²) in [7, 11) is 0. The summed E-state index contributed by atoms with van der Waals surface area (Å²) < 4.78 is 13.0. The molecule has 0 radical (unpaired) electrons. The lowest BCUT2D eigenvalue weighted by molar-refractivity contribution is -0.111. The molecule has 3 rings (SSSR count). The van der Waals surface area contributed by atoms with Gasteiger partial charge in [-0.3, -0.25) is 4.79 Å². The molecular formula is C18H16FNO. The van der Waals surface area contributed by atoms with Crippen LogP contribution < -0.4 is 5.32 Å². The molecule has 0 saturated heterocycles. The Kier molecular flexibility index (Phi) is 3.82. The van der Waals surface area contributed by atoms with Crippen molar-refractivity contribution in [2.75, 3.05) is 5.32 Å². The Morgan fingerprint density at radius 2 is 1.95 bits per heavy atom. The third-order valence-corrected chi connectivity index (χ3v) is 3.64. The van der Waals surface area contributed by atoms with Gasteiger partial charge in [0.15, 0.2) is 0 Å². The number of halogens is 1. The van der Waals surface area contributed by atoms with E-state index in [2.05, 4.69) is 11.4 Å². The Labute approximate surface area is 123 Å². The summed E-state index contributed by atoms with van der Waals surface area (Å²) in [5.74, 6) is -0.520. The topological polar surface area (TPSA) is 29.1 Å². The fourth-order valence-electron chi connectivity index (χ4n) is 2.62. The second kappa shape index (κ2) is 5.92. The van der Waals surface area contributed by atoms with E-state index in [9.17, 15) is 9.18 Å². The third-order valence-electron chi connectivity index (χ3n) is 3.64. The van der Waals surface area contributed by atoms with Gasteiger partial charge in [-0.1, -0.05) is 18.2 Å². The van der Waals surface area contributed by atoms with Crippen molar-refractivity contribution in [2.24, 2.45) is 0 Å². The molecule has 0 bridgehead atoms. The van der Waals surface area contributed by atoms with E-state index in [0.29, 0.717) is 5.56 Å². The van der Waals surface area contributed by atoms with Crippen LogP contribution in [0, 0.1) is 5.82 Å². The van der Waals surface area contributed by atoms with Gasteiger partial charge in [0.05, 0.1) is 0 Å². The lowest BCUT2D eigenvalue weighted by atomic mass is 10.1. The van der Waals surface area contributed by atoms with Crippen LogP contribution in [0.25, 0.3) is 6.08 Å². The molecule has 1 aliphatic rings. The number of carbonyl (C=O) groups excluding carboxylic acids is 1. The number of benzene rings is 2. The lowest BCUT2D eigenvalue weighted by Gasteiger charge is -2.05. The molecule has 0 fully saturated rings. The Morgan fingerprint density at radius 1 is 1.10 bits per heavy atom. The smallest absolute Gasteiger partial charge is 0.248 e. The maximum Gasteiger partial charge on any atom is 0.248 e. The van der Waals surface area contributed by atoms with E-state index in [1.54, 1.807) is 18.2 Å². The van der Waals surface area contributed by atoms with Crippen molar-refractivity contribution >= 4 is 17.7 Å². The highest BCUT2D eigenvalue weighted by Gasteiger charge is 2.11. The molecule has 2 aromatic carbocycles. The predicted octanol–water partition coefficient (Wildman–Crippen LogP) is 3.97. The molecule has 21 heavy (non-hydrogen) atoms. The molecule has 0 heterocycles. The normalized spacial score (nSPS) is 13.4. The average molecular weight is 281 g/mol.